The number of carbonyl (C=O) groups is 2. The maximum Gasteiger partial charge on any atom is 0.255 e. The number of Topliss-reactive ketones (excluding diaryl/α,β-unsaturated/α-hetero) is 1. The van der Waals surface area contributed by atoms with Crippen molar-refractivity contribution in [2.24, 2.45) is 5.73 Å². The predicted octanol–water partition coefficient (Wildman–Crippen LogP) is 2.72. The van der Waals surface area contributed by atoms with Crippen LogP contribution in [0.1, 0.15) is 22.8 Å². The van der Waals surface area contributed by atoms with Crippen molar-refractivity contribution in [1.29, 1.82) is 0 Å². The highest BCUT2D eigenvalue weighted by molar-refractivity contribution is 6.03. The first-order chi connectivity index (χ1) is 12.4. The highest BCUT2D eigenvalue weighted by atomic mass is 16.3. The van der Waals surface area contributed by atoms with Crippen LogP contribution in [0.2, 0.25) is 0 Å². The van der Waals surface area contributed by atoms with Crippen LogP contribution >= 0.6 is 0 Å². The van der Waals surface area contributed by atoms with Gasteiger partial charge in [-0.3, -0.25) is 9.59 Å². The van der Waals surface area contributed by atoms with E-state index in [1.54, 1.807) is 48.5 Å². The normalized spacial score (nSPS) is 13.2. The van der Waals surface area contributed by atoms with E-state index in [4.69, 9.17) is 5.73 Å². The van der Waals surface area contributed by atoms with Crippen molar-refractivity contribution in [2.75, 3.05) is 6.54 Å². The first kappa shape index (κ1) is 17.6. The zero-order valence-corrected chi connectivity index (χ0v) is 14.4. The molecule has 0 bridgehead atoms. The Kier molecular flexibility index (Phi) is 4.73. The molecule has 0 aliphatic heterocycles. The summed E-state index contributed by atoms with van der Waals surface area (Å²) in [4.78, 5) is 24.7. The zero-order chi connectivity index (χ0) is 18.7. The lowest BCUT2D eigenvalue weighted by Gasteiger charge is -2.27. The molecule has 0 aliphatic rings. The van der Waals surface area contributed by atoms with Gasteiger partial charge in [-0.05, 0) is 23.9 Å². The minimum absolute atomic E-state index is 0.0720. The molecule has 1 unspecified atom stereocenters. The van der Waals surface area contributed by atoms with Crippen molar-refractivity contribution >= 4 is 22.5 Å². The molecule has 1 atom stereocenters. The van der Waals surface area contributed by atoms with Gasteiger partial charge in [0.25, 0.3) is 5.91 Å². The van der Waals surface area contributed by atoms with Crippen LogP contribution < -0.4 is 11.1 Å². The van der Waals surface area contributed by atoms with Crippen LogP contribution in [0.3, 0.4) is 0 Å². The molecule has 3 aromatic rings. The quantitative estimate of drug-likeness (QED) is 0.661. The highest BCUT2D eigenvalue weighted by Gasteiger charge is 2.33. The minimum Gasteiger partial charge on any atom is -0.506 e. The van der Waals surface area contributed by atoms with Gasteiger partial charge in [-0.1, -0.05) is 60.7 Å². The fraction of sp³-hybridized carbons (Fsp3) is 0.143. The minimum atomic E-state index is -1.33. The van der Waals surface area contributed by atoms with E-state index in [-0.39, 0.29) is 23.6 Å². The van der Waals surface area contributed by atoms with E-state index < -0.39 is 11.4 Å². The number of amides is 1. The summed E-state index contributed by atoms with van der Waals surface area (Å²) in [5.41, 5.74) is 5.72. The van der Waals surface area contributed by atoms with Crippen molar-refractivity contribution in [1.82, 2.24) is 5.32 Å². The molecular weight excluding hydrogens is 328 g/mol. The first-order valence-corrected chi connectivity index (χ1v) is 8.28. The molecule has 3 aromatic carbocycles. The summed E-state index contributed by atoms with van der Waals surface area (Å²) in [7, 11) is 0. The maximum absolute atomic E-state index is 12.6. The SMILES string of the molecule is CC(=O)C(N)(CNC(=O)c1ccc2ccccc2c1O)c1ccccc1. The van der Waals surface area contributed by atoms with Gasteiger partial charge in [-0.25, -0.2) is 0 Å². The molecule has 0 radical (unpaired) electrons. The fourth-order valence-electron chi connectivity index (χ4n) is 2.92. The second-order valence-corrected chi connectivity index (χ2v) is 6.26. The third-order valence-corrected chi connectivity index (χ3v) is 4.59. The lowest BCUT2D eigenvalue weighted by Crippen LogP contribution is -2.52. The van der Waals surface area contributed by atoms with Crippen LogP contribution in [0.15, 0.2) is 66.7 Å². The molecule has 0 aliphatic carbocycles. The van der Waals surface area contributed by atoms with E-state index in [2.05, 4.69) is 5.32 Å². The van der Waals surface area contributed by atoms with Gasteiger partial charge in [-0.15, -0.1) is 0 Å². The van der Waals surface area contributed by atoms with E-state index in [1.165, 1.54) is 6.92 Å². The Morgan fingerprint density at radius 2 is 1.65 bits per heavy atom. The molecule has 0 saturated carbocycles. The number of nitrogens with two attached hydrogens (primary N) is 1. The Bertz CT molecular complexity index is 969. The summed E-state index contributed by atoms with van der Waals surface area (Å²) in [6.45, 7) is 1.32. The van der Waals surface area contributed by atoms with Crippen LogP contribution in [0.25, 0.3) is 10.8 Å². The average Bonchev–Trinajstić information content (AvgIpc) is 2.67. The number of hydrogen-bond donors (Lipinski definition) is 3. The van der Waals surface area contributed by atoms with Gasteiger partial charge < -0.3 is 16.2 Å². The summed E-state index contributed by atoms with van der Waals surface area (Å²) in [6.07, 6.45) is 0. The monoisotopic (exact) mass is 348 g/mol. The molecule has 0 saturated heterocycles. The van der Waals surface area contributed by atoms with Crippen LogP contribution in [0.5, 0.6) is 5.75 Å². The molecule has 0 fully saturated rings. The zero-order valence-electron chi connectivity index (χ0n) is 14.4. The van der Waals surface area contributed by atoms with Crippen molar-refractivity contribution in [2.45, 2.75) is 12.5 Å². The molecule has 0 spiro atoms. The second kappa shape index (κ2) is 6.98. The van der Waals surface area contributed by atoms with Crippen molar-refractivity contribution in [3.05, 3.63) is 77.9 Å². The van der Waals surface area contributed by atoms with E-state index >= 15 is 0 Å². The van der Waals surface area contributed by atoms with Crippen LogP contribution in [0.4, 0.5) is 0 Å². The molecule has 4 N–H and O–H groups in total. The number of nitrogens with one attached hydrogen (secondary N) is 1. The van der Waals surface area contributed by atoms with Gasteiger partial charge in [0.05, 0.1) is 5.56 Å². The molecule has 5 nitrogen and oxygen atoms in total. The number of rotatable bonds is 5. The Morgan fingerprint density at radius 1 is 1.00 bits per heavy atom. The molecule has 1 amide bonds. The topological polar surface area (TPSA) is 92.4 Å². The molecule has 0 aromatic heterocycles. The van der Waals surface area contributed by atoms with Crippen molar-refractivity contribution in [3.63, 3.8) is 0 Å². The predicted molar refractivity (Wildman–Crippen MR) is 101 cm³/mol. The van der Waals surface area contributed by atoms with Crippen LogP contribution in [-0.2, 0) is 10.3 Å². The number of phenols is 1. The standard InChI is InChI=1S/C21H20N2O3/c1-14(24)21(22,16-8-3-2-4-9-16)13-23-20(26)18-12-11-15-7-5-6-10-17(15)19(18)25/h2-12,25H,13,22H2,1H3,(H,23,26). The third kappa shape index (κ3) is 3.17. The van der Waals surface area contributed by atoms with Gasteiger partial charge in [0.15, 0.2) is 5.78 Å². The maximum atomic E-state index is 12.6. The summed E-state index contributed by atoms with van der Waals surface area (Å²) in [6, 6.07) is 19.5. The number of phenolic OH excluding ortho intramolecular Hbond substituents is 1. The van der Waals surface area contributed by atoms with Crippen LogP contribution in [0, 0.1) is 0 Å². The molecule has 26 heavy (non-hydrogen) atoms. The van der Waals surface area contributed by atoms with Gasteiger partial charge in [0.1, 0.15) is 11.3 Å². The molecule has 3 rings (SSSR count). The Balaban J connectivity index is 1.86. The molecule has 5 heteroatoms. The first-order valence-electron chi connectivity index (χ1n) is 8.28. The summed E-state index contributed by atoms with van der Waals surface area (Å²) in [5.74, 6) is -0.835. The Labute approximate surface area is 151 Å². The summed E-state index contributed by atoms with van der Waals surface area (Å²) >= 11 is 0. The van der Waals surface area contributed by atoms with Gasteiger partial charge in [0, 0.05) is 11.9 Å². The smallest absolute Gasteiger partial charge is 0.255 e. The molecular formula is C21H20N2O3. The number of hydrogen-bond acceptors (Lipinski definition) is 4. The summed E-state index contributed by atoms with van der Waals surface area (Å²) < 4.78 is 0. The van der Waals surface area contributed by atoms with Crippen molar-refractivity contribution in [3.8, 4) is 5.75 Å². The number of aromatic hydroxyl groups is 1. The Morgan fingerprint density at radius 3 is 2.35 bits per heavy atom. The summed E-state index contributed by atoms with van der Waals surface area (Å²) in [5, 5.41) is 14.5. The average molecular weight is 348 g/mol. The van der Waals surface area contributed by atoms with E-state index in [1.807, 2.05) is 18.2 Å². The lowest BCUT2D eigenvalue weighted by atomic mass is 9.87. The van der Waals surface area contributed by atoms with Crippen LogP contribution in [-0.4, -0.2) is 23.3 Å². The highest BCUT2D eigenvalue weighted by Crippen LogP contribution is 2.28. The van der Waals surface area contributed by atoms with Gasteiger partial charge in [-0.2, -0.15) is 0 Å². The number of ketones is 1. The van der Waals surface area contributed by atoms with Crippen molar-refractivity contribution < 1.29 is 14.7 Å². The number of fused-ring (bicyclic) bond motifs is 1. The molecule has 132 valence electrons. The van der Waals surface area contributed by atoms with Gasteiger partial charge >= 0.3 is 0 Å². The van der Waals surface area contributed by atoms with E-state index in [0.29, 0.717) is 10.9 Å². The lowest BCUT2D eigenvalue weighted by molar-refractivity contribution is -0.122. The van der Waals surface area contributed by atoms with E-state index in [9.17, 15) is 14.7 Å². The van der Waals surface area contributed by atoms with Gasteiger partial charge in [0.2, 0.25) is 0 Å². The second-order valence-electron chi connectivity index (χ2n) is 6.26. The number of benzene rings is 3. The molecule has 0 heterocycles. The Hall–Kier alpha value is -3.18. The third-order valence-electron chi connectivity index (χ3n) is 4.59. The van der Waals surface area contributed by atoms with E-state index in [0.717, 1.165) is 5.39 Å². The largest absolute Gasteiger partial charge is 0.506 e. The number of carbonyl (C=O) groups excluding carboxylic acids is 2. The fourth-order valence-corrected chi connectivity index (χ4v) is 2.92.